The number of H-pyrrole nitrogens is 2. The molecule has 1 spiro atoms. The Morgan fingerprint density at radius 1 is 0.793 bits per heavy atom. The van der Waals surface area contributed by atoms with E-state index in [1.165, 1.54) is 21.3 Å². The maximum absolute atomic E-state index is 13.9. The van der Waals surface area contributed by atoms with Crippen LogP contribution < -0.4 is 10.6 Å². The number of rotatable bonds is 12. The first-order valence-electron chi connectivity index (χ1n) is 19.8. The Hall–Kier alpha value is -5.74. The number of carbonyl (C=O) groups is 4. The van der Waals surface area contributed by atoms with Crippen LogP contribution in [0.4, 0.5) is 9.59 Å². The number of nitrogens with zero attached hydrogens (tertiary/aromatic N) is 4. The van der Waals surface area contributed by atoms with Gasteiger partial charge in [-0.15, -0.1) is 0 Å². The molecule has 7 rings (SSSR count). The van der Waals surface area contributed by atoms with E-state index in [0.29, 0.717) is 37.8 Å². The van der Waals surface area contributed by atoms with Gasteiger partial charge < -0.3 is 49.3 Å². The minimum atomic E-state index is -0.925. The van der Waals surface area contributed by atoms with Crippen LogP contribution in [0.2, 0.25) is 0 Å². The number of methoxy groups -OCH3 is 3. The lowest BCUT2D eigenvalue weighted by atomic mass is 9.96. The number of carbonyl (C=O) groups excluding carboxylic acids is 4. The fraction of sp³-hybridized carbons (Fsp3) is 0.476. The summed E-state index contributed by atoms with van der Waals surface area (Å²) in [5.41, 5.74) is 5.18. The zero-order valence-corrected chi connectivity index (χ0v) is 33.6. The molecule has 4 amide bonds. The van der Waals surface area contributed by atoms with Gasteiger partial charge in [0.05, 0.1) is 68.8 Å². The van der Waals surface area contributed by atoms with E-state index in [9.17, 15) is 19.2 Å². The largest absolute Gasteiger partial charge is 0.453 e. The van der Waals surface area contributed by atoms with Crippen molar-refractivity contribution in [3.63, 3.8) is 0 Å². The lowest BCUT2D eigenvalue weighted by Gasteiger charge is -2.30. The Balaban J connectivity index is 1.03. The normalized spacial score (nSPS) is 21.3. The molecule has 308 valence electrons. The van der Waals surface area contributed by atoms with E-state index in [-0.39, 0.29) is 36.4 Å². The molecule has 4 N–H and O–H groups in total. The number of alkyl carbamates (subject to hydrolysis) is 2. The van der Waals surface area contributed by atoms with Gasteiger partial charge in [-0.25, -0.2) is 19.6 Å². The molecule has 0 saturated carbocycles. The summed E-state index contributed by atoms with van der Waals surface area (Å²) < 4.78 is 21.0. The van der Waals surface area contributed by atoms with E-state index in [2.05, 4.69) is 49.9 Å². The Morgan fingerprint density at radius 2 is 1.36 bits per heavy atom. The van der Waals surface area contributed by atoms with Crippen molar-refractivity contribution < 1.29 is 38.1 Å². The summed E-state index contributed by atoms with van der Waals surface area (Å²) in [6.45, 7) is 5.41. The van der Waals surface area contributed by atoms with Crippen LogP contribution in [0.15, 0.2) is 60.9 Å². The molecule has 16 nitrogen and oxygen atoms in total. The summed E-state index contributed by atoms with van der Waals surface area (Å²) in [6, 6.07) is 14.2. The molecule has 0 unspecified atom stereocenters. The first-order valence-corrected chi connectivity index (χ1v) is 19.8. The van der Waals surface area contributed by atoms with Crippen molar-refractivity contribution in [1.29, 1.82) is 0 Å². The number of hydrogen-bond donors (Lipinski definition) is 4. The molecule has 4 aromatic rings. The van der Waals surface area contributed by atoms with Gasteiger partial charge in [0.25, 0.3) is 0 Å². The summed E-state index contributed by atoms with van der Waals surface area (Å²) in [7, 11) is 4.02. The maximum atomic E-state index is 13.9. The Kier molecular flexibility index (Phi) is 12.1. The maximum Gasteiger partial charge on any atom is 0.407 e. The van der Waals surface area contributed by atoms with Crippen molar-refractivity contribution in [3.05, 3.63) is 72.6 Å². The van der Waals surface area contributed by atoms with E-state index < -0.39 is 29.9 Å². The minimum absolute atomic E-state index is 0.00482. The first kappa shape index (κ1) is 40.5. The number of aromatic amines is 2. The summed E-state index contributed by atoms with van der Waals surface area (Å²) in [6.07, 6.45) is 6.20. The number of nitrogens with one attached hydrogen (secondary N) is 4. The van der Waals surface area contributed by atoms with Crippen LogP contribution in [-0.2, 0) is 28.5 Å². The average molecular weight is 797 g/mol. The molecule has 2 aromatic carbocycles. The second-order valence-corrected chi connectivity index (χ2v) is 15.5. The number of imidazole rings is 2. The van der Waals surface area contributed by atoms with Crippen LogP contribution in [-0.4, -0.2) is 119 Å². The van der Waals surface area contributed by atoms with Crippen molar-refractivity contribution in [2.75, 3.05) is 47.6 Å². The van der Waals surface area contributed by atoms with Gasteiger partial charge in [-0.05, 0) is 53.9 Å². The van der Waals surface area contributed by atoms with E-state index in [1.54, 1.807) is 22.2 Å². The molecule has 58 heavy (non-hydrogen) atoms. The molecule has 3 aliphatic heterocycles. The standard InChI is InChI=1S/C42H52N8O8/c1-25(2)35(48-41(54)57-5)39(52)49-18-6-8-33(49)36-43-21-30(45-36)28-13-9-26(10-14-28)27-11-15-29(16-12-27)31-22-44-37(46-31)34-20-42(17-7-19-58-42)24-50(34)38(51)32(23-55-3)47-40(53)56-4/h9-16,21-22,25,32-35H,6-8,17-20,23-24H2,1-5H3,(H,43,45)(H,44,46)(H,47,53)(H,48,54)/t32-,33+,34+,35+,42+/m1/s1. The highest BCUT2D eigenvalue weighted by molar-refractivity contribution is 5.87. The van der Waals surface area contributed by atoms with Crippen LogP contribution in [0.25, 0.3) is 33.6 Å². The quantitative estimate of drug-likeness (QED) is 0.145. The highest BCUT2D eigenvalue weighted by Crippen LogP contribution is 2.45. The summed E-state index contributed by atoms with van der Waals surface area (Å²) in [5.74, 6) is 0.817. The van der Waals surface area contributed by atoms with Crippen LogP contribution >= 0.6 is 0 Å². The third kappa shape index (κ3) is 8.43. The molecule has 3 fully saturated rings. The molecule has 16 heteroatoms. The predicted octanol–water partition coefficient (Wildman–Crippen LogP) is 5.37. The second kappa shape index (κ2) is 17.4. The molecule has 5 atom stereocenters. The Labute approximate surface area is 337 Å². The first-order chi connectivity index (χ1) is 28.0. The van der Waals surface area contributed by atoms with Gasteiger partial charge >= 0.3 is 12.2 Å². The molecule has 5 heterocycles. The van der Waals surface area contributed by atoms with Gasteiger partial charge in [0.2, 0.25) is 11.8 Å². The van der Waals surface area contributed by atoms with Crippen molar-refractivity contribution in [3.8, 4) is 33.6 Å². The van der Waals surface area contributed by atoms with Gasteiger partial charge in [0.15, 0.2) is 0 Å². The Bertz CT molecular complexity index is 2070. The van der Waals surface area contributed by atoms with Gasteiger partial charge in [-0.1, -0.05) is 62.4 Å². The lowest BCUT2D eigenvalue weighted by Crippen LogP contribution is -2.51. The van der Waals surface area contributed by atoms with Crippen LogP contribution in [0.3, 0.4) is 0 Å². The van der Waals surface area contributed by atoms with Gasteiger partial charge in [0.1, 0.15) is 23.7 Å². The van der Waals surface area contributed by atoms with Gasteiger partial charge in [0, 0.05) is 26.7 Å². The average Bonchev–Trinajstić information content (AvgIpc) is 4.10. The number of aromatic nitrogens is 4. The van der Waals surface area contributed by atoms with Crippen LogP contribution in [0, 0.1) is 5.92 Å². The van der Waals surface area contributed by atoms with Crippen molar-refractivity contribution in [1.82, 2.24) is 40.4 Å². The van der Waals surface area contributed by atoms with Crippen LogP contribution in [0.1, 0.15) is 69.7 Å². The number of hydrogen-bond acceptors (Lipinski definition) is 10. The monoisotopic (exact) mass is 796 g/mol. The highest BCUT2D eigenvalue weighted by Gasteiger charge is 2.51. The zero-order chi connectivity index (χ0) is 41.0. The molecule has 0 bridgehead atoms. The smallest absolute Gasteiger partial charge is 0.407 e. The van der Waals surface area contributed by atoms with Crippen molar-refractivity contribution in [2.45, 2.75) is 75.7 Å². The number of amides is 4. The SMILES string of the molecule is COC[C@@H](NC(=O)OC)C(=O)N1C[C@]2(CCCO2)C[C@H]1c1ncc(-c2ccc(-c3ccc(-c4cnc([C@@H]5CCCN5C(=O)[C@@H](NC(=O)OC)C(C)C)[nH]4)cc3)cc2)[nH]1. The minimum Gasteiger partial charge on any atom is -0.453 e. The Morgan fingerprint density at radius 3 is 1.90 bits per heavy atom. The molecule has 0 radical (unpaired) electrons. The van der Waals surface area contributed by atoms with Gasteiger partial charge in [-0.3, -0.25) is 9.59 Å². The summed E-state index contributed by atoms with van der Waals surface area (Å²) >= 11 is 0. The fourth-order valence-corrected chi connectivity index (χ4v) is 8.39. The van der Waals surface area contributed by atoms with Crippen molar-refractivity contribution in [2.24, 2.45) is 5.92 Å². The molecule has 2 aromatic heterocycles. The van der Waals surface area contributed by atoms with Crippen molar-refractivity contribution >= 4 is 24.0 Å². The molecular formula is C42H52N8O8. The molecule has 3 saturated heterocycles. The molecule has 0 aliphatic carbocycles. The topological polar surface area (TPSA) is 193 Å². The number of benzene rings is 2. The number of likely N-dealkylation sites (tertiary alicyclic amines) is 2. The lowest BCUT2D eigenvalue weighted by molar-refractivity contribution is -0.137. The molecule has 3 aliphatic rings. The fourth-order valence-electron chi connectivity index (χ4n) is 8.39. The van der Waals surface area contributed by atoms with E-state index in [4.69, 9.17) is 23.9 Å². The highest BCUT2D eigenvalue weighted by atomic mass is 16.5. The zero-order valence-electron chi connectivity index (χ0n) is 33.6. The summed E-state index contributed by atoms with van der Waals surface area (Å²) in [4.78, 5) is 71.3. The third-order valence-electron chi connectivity index (χ3n) is 11.5. The summed E-state index contributed by atoms with van der Waals surface area (Å²) in [5, 5.41) is 5.30. The van der Waals surface area contributed by atoms with E-state index in [1.807, 2.05) is 38.1 Å². The van der Waals surface area contributed by atoms with E-state index in [0.717, 1.165) is 59.3 Å². The predicted molar refractivity (Wildman–Crippen MR) is 213 cm³/mol. The van der Waals surface area contributed by atoms with E-state index >= 15 is 0 Å². The second-order valence-electron chi connectivity index (χ2n) is 15.5. The van der Waals surface area contributed by atoms with Gasteiger partial charge in [-0.2, -0.15) is 0 Å². The molecular weight excluding hydrogens is 745 g/mol. The third-order valence-corrected chi connectivity index (χ3v) is 11.5. The van der Waals surface area contributed by atoms with Crippen LogP contribution in [0.5, 0.6) is 0 Å². The number of ether oxygens (including phenoxy) is 4.